The summed E-state index contributed by atoms with van der Waals surface area (Å²) in [5, 5.41) is 9.41. The standard InChI is InChI=1S/C21H42N4O3.HI/c1-8-22-18(23-12-10-13-24-19(26)28-21(5,6)7)25-15-16-11-9-14-27-17(16)20(2,3)4;/h16-17H,8-15H2,1-7H3,(H,24,26)(H2,22,23,25);1H. The molecular formula is C21H43IN4O3. The Morgan fingerprint density at radius 3 is 2.34 bits per heavy atom. The zero-order valence-electron chi connectivity index (χ0n) is 19.4. The van der Waals surface area contributed by atoms with Crippen molar-refractivity contribution in [3.05, 3.63) is 0 Å². The molecule has 1 fully saturated rings. The Morgan fingerprint density at radius 1 is 1.10 bits per heavy atom. The van der Waals surface area contributed by atoms with Crippen molar-refractivity contribution in [2.45, 2.75) is 79.4 Å². The Kier molecular flexibility index (Phi) is 13.2. The van der Waals surface area contributed by atoms with Gasteiger partial charge in [0.1, 0.15) is 5.60 Å². The molecule has 1 aliphatic heterocycles. The average molecular weight is 527 g/mol. The summed E-state index contributed by atoms with van der Waals surface area (Å²) in [5.74, 6) is 1.26. The molecular weight excluding hydrogens is 483 g/mol. The van der Waals surface area contributed by atoms with Gasteiger partial charge in [-0.1, -0.05) is 20.8 Å². The van der Waals surface area contributed by atoms with Gasteiger partial charge in [0, 0.05) is 38.7 Å². The summed E-state index contributed by atoms with van der Waals surface area (Å²) in [5.41, 5.74) is -0.347. The molecule has 7 nitrogen and oxygen atoms in total. The number of aliphatic imine (C=N–C) groups is 1. The summed E-state index contributed by atoms with van der Waals surface area (Å²) in [6.07, 6.45) is 2.92. The molecule has 0 spiro atoms. The maximum atomic E-state index is 11.6. The van der Waals surface area contributed by atoms with Crippen LogP contribution in [0.15, 0.2) is 4.99 Å². The molecule has 2 unspecified atom stereocenters. The van der Waals surface area contributed by atoms with Gasteiger partial charge in [0.15, 0.2) is 5.96 Å². The number of rotatable bonds is 7. The third-order valence-electron chi connectivity index (χ3n) is 4.44. The van der Waals surface area contributed by atoms with Gasteiger partial charge in [-0.2, -0.15) is 0 Å². The molecule has 0 saturated carbocycles. The van der Waals surface area contributed by atoms with Crippen LogP contribution in [0.2, 0.25) is 0 Å². The normalized spacial score (nSPS) is 20.4. The molecule has 0 aromatic heterocycles. The van der Waals surface area contributed by atoms with Crippen molar-refractivity contribution in [3.8, 4) is 0 Å². The number of alkyl carbamates (subject to hydrolysis) is 1. The number of hydrogen-bond acceptors (Lipinski definition) is 4. The quantitative estimate of drug-likeness (QED) is 0.203. The van der Waals surface area contributed by atoms with Crippen LogP contribution in [0.25, 0.3) is 0 Å². The van der Waals surface area contributed by atoms with Crippen LogP contribution in [0.5, 0.6) is 0 Å². The molecule has 8 heteroatoms. The summed E-state index contributed by atoms with van der Waals surface area (Å²) < 4.78 is 11.3. The fourth-order valence-corrected chi connectivity index (χ4v) is 3.34. The first-order chi connectivity index (χ1) is 13.0. The van der Waals surface area contributed by atoms with Gasteiger partial charge in [-0.05, 0) is 52.4 Å². The molecule has 1 saturated heterocycles. The fraction of sp³-hybridized carbons (Fsp3) is 0.905. The molecule has 1 heterocycles. The van der Waals surface area contributed by atoms with E-state index < -0.39 is 5.60 Å². The van der Waals surface area contributed by atoms with Gasteiger partial charge in [0.2, 0.25) is 0 Å². The lowest BCUT2D eigenvalue weighted by atomic mass is 9.78. The van der Waals surface area contributed by atoms with Crippen LogP contribution < -0.4 is 16.0 Å². The van der Waals surface area contributed by atoms with E-state index in [-0.39, 0.29) is 41.6 Å². The molecule has 172 valence electrons. The van der Waals surface area contributed by atoms with E-state index in [1.54, 1.807) is 0 Å². The van der Waals surface area contributed by atoms with E-state index in [0.717, 1.165) is 51.5 Å². The lowest BCUT2D eigenvalue weighted by Crippen LogP contribution is -2.43. The minimum Gasteiger partial charge on any atom is -0.444 e. The number of hydrogen-bond donors (Lipinski definition) is 3. The Labute approximate surface area is 194 Å². The predicted molar refractivity (Wildman–Crippen MR) is 130 cm³/mol. The summed E-state index contributed by atoms with van der Waals surface area (Å²) in [6.45, 7) is 18.0. The number of amides is 1. The molecule has 0 aromatic carbocycles. The van der Waals surface area contributed by atoms with Crippen LogP contribution in [-0.4, -0.2) is 56.5 Å². The van der Waals surface area contributed by atoms with Crippen molar-refractivity contribution in [1.29, 1.82) is 0 Å². The maximum Gasteiger partial charge on any atom is 0.407 e. The van der Waals surface area contributed by atoms with Crippen LogP contribution in [0.1, 0.15) is 67.7 Å². The van der Waals surface area contributed by atoms with E-state index in [2.05, 4.69) is 43.6 Å². The first-order valence-electron chi connectivity index (χ1n) is 10.6. The molecule has 2 atom stereocenters. The van der Waals surface area contributed by atoms with Gasteiger partial charge in [0.05, 0.1) is 6.10 Å². The molecule has 0 aliphatic carbocycles. The molecule has 3 N–H and O–H groups in total. The second kappa shape index (κ2) is 13.5. The molecule has 1 rings (SSSR count). The van der Waals surface area contributed by atoms with Gasteiger partial charge in [-0.3, -0.25) is 4.99 Å². The van der Waals surface area contributed by atoms with Crippen molar-refractivity contribution in [1.82, 2.24) is 16.0 Å². The number of ether oxygens (including phenoxy) is 2. The van der Waals surface area contributed by atoms with E-state index in [4.69, 9.17) is 14.5 Å². The van der Waals surface area contributed by atoms with E-state index in [0.29, 0.717) is 12.5 Å². The third-order valence-corrected chi connectivity index (χ3v) is 4.44. The molecule has 1 amide bonds. The van der Waals surface area contributed by atoms with Crippen molar-refractivity contribution < 1.29 is 14.3 Å². The number of nitrogens with one attached hydrogen (secondary N) is 3. The highest BCUT2D eigenvalue weighted by Gasteiger charge is 2.35. The monoisotopic (exact) mass is 526 g/mol. The minimum absolute atomic E-state index is 0. The Balaban J connectivity index is 0.00000784. The topological polar surface area (TPSA) is 84.0 Å². The van der Waals surface area contributed by atoms with Crippen molar-refractivity contribution >= 4 is 36.0 Å². The number of guanidine groups is 1. The van der Waals surface area contributed by atoms with Crippen LogP contribution in [0.3, 0.4) is 0 Å². The van der Waals surface area contributed by atoms with Gasteiger partial charge in [-0.15, -0.1) is 24.0 Å². The highest BCUT2D eigenvalue weighted by Crippen LogP contribution is 2.34. The van der Waals surface area contributed by atoms with E-state index in [1.165, 1.54) is 0 Å². The van der Waals surface area contributed by atoms with Gasteiger partial charge in [0.25, 0.3) is 0 Å². The minimum atomic E-state index is -0.471. The Morgan fingerprint density at radius 2 is 1.76 bits per heavy atom. The summed E-state index contributed by atoms with van der Waals surface area (Å²) in [4.78, 5) is 16.4. The Hall–Kier alpha value is -0.770. The lowest BCUT2D eigenvalue weighted by Gasteiger charge is -2.39. The summed E-state index contributed by atoms with van der Waals surface area (Å²) in [6, 6.07) is 0. The second-order valence-corrected chi connectivity index (χ2v) is 9.49. The van der Waals surface area contributed by atoms with E-state index in [9.17, 15) is 4.79 Å². The van der Waals surface area contributed by atoms with Crippen LogP contribution in [0.4, 0.5) is 4.79 Å². The van der Waals surface area contributed by atoms with Crippen LogP contribution in [-0.2, 0) is 9.47 Å². The highest BCUT2D eigenvalue weighted by atomic mass is 127. The zero-order chi connectivity index (χ0) is 21.2. The highest BCUT2D eigenvalue weighted by molar-refractivity contribution is 14.0. The first kappa shape index (κ1) is 28.2. The third kappa shape index (κ3) is 12.5. The fourth-order valence-electron chi connectivity index (χ4n) is 3.34. The molecule has 0 aromatic rings. The number of carbonyl (C=O) groups is 1. The van der Waals surface area contributed by atoms with Crippen molar-refractivity contribution in [3.63, 3.8) is 0 Å². The second-order valence-electron chi connectivity index (χ2n) is 9.49. The van der Waals surface area contributed by atoms with Crippen LogP contribution >= 0.6 is 24.0 Å². The van der Waals surface area contributed by atoms with Crippen molar-refractivity contribution in [2.75, 3.05) is 32.8 Å². The molecule has 0 radical (unpaired) electrons. The number of carbonyl (C=O) groups excluding carboxylic acids is 1. The lowest BCUT2D eigenvalue weighted by molar-refractivity contribution is -0.0823. The first-order valence-corrected chi connectivity index (χ1v) is 10.6. The average Bonchev–Trinajstić information content (AvgIpc) is 2.57. The number of nitrogens with zero attached hydrogens (tertiary/aromatic N) is 1. The van der Waals surface area contributed by atoms with Gasteiger partial charge in [-0.25, -0.2) is 4.79 Å². The molecule has 29 heavy (non-hydrogen) atoms. The number of halogens is 1. The van der Waals surface area contributed by atoms with Gasteiger partial charge < -0.3 is 25.4 Å². The maximum absolute atomic E-state index is 11.6. The van der Waals surface area contributed by atoms with E-state index >= 15 is 0 Å². The summed E-state index contributed by atoms with van der Waals surface area (Å²) in [7, 11) is 0. The van der Waals surface area contributed by atoms with Crippen molar-refractivity contribution in [2.24, 2.45) is 16.3 Å². The zero-order valence-corrected chi connectivity index (χ0v) is 21.7. The largest absolute Gasteiger partial charge is 0.444 e. The molecule has 0 bridgehead atoms. The predicted octanol–water partition coefficient (Wildman–Crippen LogP) is 3.92. The molecule has 1 aliphatic rings. The van der Waals surface area contributed by atoms with Gasteiger partial charge >= 0.3 is 6.09 Å². The smallest absolute Gasteiger partial charge is 0.407 e. The van der Waals surface area contributed by atoms with E-state index in [1.807, 2.05) is 20.8 Å². The SMILES string of the molecule is CCNC(=NCC1CCCOC1C(C)(C)C)NCCCNC(=O)OC(C)(C)C.I. The Bertz CT molecular complexity index is 501. The van der Waals surface area contributed by atoms with Crippen LogP contribution in [0, 0.1) is 11.3 Å². The summed E-state index contributed by atoms with van der Waals surface area (Å²) >= 11 is 0.